The van der Waals surface area contributed by atoms with Gasteiger partial charge in [-0.2, -0.15) is 0 Å². The summed E-state index contributed by atoms with van der Waals surface area (Å²) in [4.78, 5) is 0. The molecule has 110 valence electrons. The second kappa shape index (κ2) is 5.63. The standard InChI is InChI=1S/C19H23NO/c1-18(14-8-9-15-20-18)19(21,16-10-4-2-5-11-16)17-12-6-3-7-13-17/h2-7,10-13,20-21H,8-9,14-15H2,1H3/t18-/m0/s1. The van der Waals surface area contributed by atoms with Crippen molar-refractivity contribution in [1.82, 2.24) is 5.32 Å². The minimum atomic E-state index is -1.02. The number of piperidine rings is 1. The largest absolute Gasteiger partial charge is 0.378 e. The van der Waals surface area contributed by atoms with E-state index < -0.39 is 5.60 Å². The second-order valence-electron chi connectivity index (χ2n) is 6.16. The van der Waals surface area contributed by atoms with Gasteiger partial charge in [0.15, 0.2) is 0 Å². The predicted molar refractivity (Wildman–Crippen MR) is 86.1 cm³/mol. The van der Waals surface area contributed by atoms with E-state index in [1.165, 1.54) is 6.42 Å². The summed E-state index contributed by atoms with van der Waals surface area (Å²) in [7, 11) is 0. The first-order valence-corrected chi connectivity index (χ1v) is 7.75. The maximum absolute atomic E-state index is 11.8. The molecular weight excluding hydrogens is 258 g/mol. The number of rotatable bonds is 3. The van der Waals surface area contributed by atoms with Crippen molar-refractivity contribution in [2.75, 3.05) is 6.54 Å². The Bertz CT molecular complexity index is 534. The zero-order valence-corrected chi connectivity index (χ0v) is 12.5. The van der Waals surface area contributed by atoms with Crippen molar-refractivity contribution in [1.29, 1.82) is 0 Å². The predicted octanol–water partition coefficient (Wildman–Crippen LogP) is 3.45. The molecule has 1 aliphatic heterocycles. The van der Waals surface area contributed by atoms with E-state index in [-0.39, 0.29) is 5.54 Å². The van der Waals surface area contributed by atoms with Gasteiger partial charge in [-0.3, -0.25) is 0 Å². The van der Waals surface area contributed by atoms with Crippen molar-refractivity contribution < 1.29 is 5.11 Å². The van der Waals surface area contributed by atoms with Crippen LogP contribution in [0.3, 0.4) is 0 Å². The van der Waals surface area contributed by atoms with Gasteiger partial charge in [0, 0.05) is 0 Å². The fourth-order valence-corrected chi connectivity index (χ4v) is 3.53. The van der Waals surface area contributed by atoms with Crippen LogP contribution in [0.1, 0.15) is 37.3 Å². The molecule has 0 aromatic heterocycles. The molecule has 1 aliphatic rings. The summed E-state index contributed by atoms with van der Waals surface area (Å²) >= 11 is 0. The third-order valence-electron chi connectivity index (χ3n) is 4.80. The zero-order valence-electron chi connectivity index (χ0n) is 12.5. The van der Waals surface area contributed by atoms with E-state index in [1.54, 1.807) is 0 Å². The normalized spacial score (nSPS) is 23.0. The van der Waals surface area contributed by atoms with Crippen LogP contribution in [-0.4, -0.2) is 17.2 Å². The van der Waals surface area contributed by atoms with E-state index in [4.69, 9.17) is 0 Å². The van der Waals surface area contributed by atoms with Gasteiger partial charge in [0.2, 0.25) is 0 Å². The average Bonchev–Trinajstić information content (AvgIpc) is 2.56. The first-order chi connectivity index (χ1) is 10.2. The lowest BCUT2D eigenvalue weighted by molar-refractivity contribution is -0.0277. The quantitative estimate of drug-likeness (QED) is 0.903. The molecule has 2 nitrogen and oxygen atoms in total. The van der Waals surface area contributed by atoms with E-state index in [0.717, 1.165) is 30.5 Å². The monoisotopic (exact) mass is 281 g/mol. The lowest BCUT2D eigenvalue weighted by Gasteiger charge is -2.48. The Labute approximate surface area is 126 Å². The Morgan fingerprint density at radius 2 is 1.43 bits per heavy atom. The Kier molecular flexibility index (Phi) is 3.83. The van der Waals surface area contributed by atoms with Crippen LogP contribution >= 0.6 is 0 Å². The van der Waals surface area contributed by atoms with Crippen LogP contribution < -0.4 is 5.32 Å². The lowest BCUT2D eigenvalue weighted by atomic mass is 9.68. The van der Waals surface area contributed by atoms with Crippen molar-refractivity contribution in [3.63, 3.8) is 0 Å². The van der Waals surface area contributed by atoms with Gasteiger partial charge >= 0.3 is 0 Å². The van der Waals surface area contributed by atoms with Gasteiger partial charge in [0.1, 0.15) is 5.60 Å². The minimum absolute atomic E-state index is 0.353. The molecule has 0 spiro atoms. The highest BCUT2D eigenvalue weighted by molar-refractivity contribution is 5.40. The van der Waals surface area contributed by atoms with E-state index in [0.29, 0.717) is 0 Å². The molecular formula is C19H23NO. The van der Waals surface area contributed by atoms with Crippen molar-refractivity contribution >= 4 is 0 Å². The number of nitrogens with one attached hydrogen (secondary N) is 1. The summed E-state index contributed by atoms with van der Waals surface area (Å²) in [6, 6.07) is 20.1. The molecule has 2 heteroatoms. The highest BCUT2D eigenvalue weighted by atomic mass is 16.3. The van der Waals surface area contributed by atoms with Gasteiger partial charge in [-0.05, 0) is 37.4 Å². The van der Waals surface area contributed by atoms with Crippen molar-refractivity contribution in [2.45, 2.75) is 37.3 Å². The first-order valence-electron chi connectivity index (χ1n) is 7.75. The van der Waals surface area contributed by atoms with Gasteiger partial charge in [-0.1, -0.05) is 67.1 Å². The molecule has 1 saturated heterocycles. The fourth-order valence-electron chi connectivity index (χ4n) is 3.53. The van der Waals surface area contributed by atoms with Gasteiger partial charge in [0.05, 0.1) is 5.54 Å². The maximum Gasteiger partial charge on any atom is 0.132 e. The highest BCUT2D eigenvalue weighted by Crippen LogP contribution is 2.43. The van der Waals surface area contributed by atoms with Crippen LogP contribution in [0.5, 0.6) is 0 Å². The molecule has 0 saturated carbocycles. The van der Waals surface area contributed by atoms with Crippen molar-refractivity contribution in [2.24, 2.45) is 0 Å². The Balaban J connectivity index is 2.15. The Morgan fingerprint density at radius 3 is 1.86 bits per heavy atom. The molecule has 1 heterocycles. The van der Waals surface area contributed by atoms with Gasteiger partial charge in [-0.25, -0.2) is 0 Å². The third kappa shape index (κ3) is 2.39. The number of hydrogen-bond donors (Lipinski definition) is 2. The summed E-state index contributed by atoms with van der Waals surface area (Å²) in [6.07, 6.45) is 3.29. The average molecular weight is 281 g/mol. The molecule has 21 heavy (non-hydrogen) atoms. The fraction of sp³-hybridized carbons (Fsp3) is 0.368. The maximum atomic E-state index is 11.8. The molecule has 0 unspecified atom stereocenters. The molecule has 0 radical (unpaired) electrons. The molecule has 2 aromatic carbocycles. The Hall–Kier alpha value is -1.64. The van der Waals surface area contributed by atoms with E-state index in [2.05, 4.69) is 12.2 Å². The summed E-state index contributed by atoms with van der Waals surface area (Å²) in [5.74, 6) is 0. The lowest BCUT2D eigenvalue weighted by Crippen LogP contribution is -2.61. The van der Waals surface area contributed by atoms with Crippen LogP contribution in [0.25, 0.3) is 0 Å². The van der Waals surface area contributed by atoms with E-state index >= 15 is 0 Å². The molecule has 0 aliphatic carbocycles. The van der Waals surface area contributed by atoms with Crippen LogP contribution in [0, 0.1) is 0 Å². The SMILES string of the molecule is C[C@@]1(C(O)(c2ccccc2)c2ccccc2)CCCCN1. The first kappa shape index (κ1) is 14.3. The van der Waals surface area contributed by atoms with Crippen LogP contribution in [0.4, 0.5) is 0 Å². The number of benzene rings is 2. The molecule has 2 aromatic rings. The summed E-state index contributed by atoms with van der Waals surface area (Å²) in [6.45, 7) is 3.10. The van der Waals surface area contributed by atoms with Crippen LogP contribution in [-0.2, 0) is 5.60 Å². The van der Waals surface area contributed by atoms with E-state index in [1.807, 2.05) is 60.7 Å². The smallest absolute Gasteiger partial charge is 0.132 e. The number of aliphatic hydroxyl groups is 1. The van der Waals surface area contributed by atoms with Crippen molar-refractivity contribution in [3.8, 4) is 0 Å². The molecule has 2 N–H and O–H groups in total. The summed E-state index contributed by atoms with van der Waals surface area (Å²) in [5.41, 5.74) is 0.533. The summed E-state index contributed by atoms with van der Waals surface area (Å²) < 4.78 is 0. The van der Waals surface area contributed by atoms with Crippen LogP contribution in [0.15, 0.2) is 60.7 Å². The van der Waals surface area contributed by atoms with Crippen LogP contribution in [0.2, 0.25) is 0 Å². The molecule has 0 bridgehead atoms. The topological polar surface area (TPSA) is 32.3 Å². The third-order valence-corrected chi connectivity index (χ3v) is 4.80. The van der Waals surface area contributed by atoms with E-state index in [9.17, 15) is 5.11 Å². The summed E-state index contributed by atoms with van der Waals surface area (Å²) in [5, 5.41) is 15.4. The zero-order chi connectivity index (χ0) is 14.8. The highest BCUT2D eigenvalue weighted by Gasteiger charge is 2.49. The molecule has 1 fully saturated rings. The minimum Gasteiger partial charge on any atom is -0.378 e. The molecule has 0 amide bonds. The molecule has 3 rings (SSSR count). The number of hydrogen-bond acceptors (Lipinski definition) is 2. The second-order valence-corrected chi connectivity index (χ2v) is 6.16. The van der Waals surface area contributed by atoms with Gasteiger partial charge < -0.3 is 10.4 Å². The van der Waals surface area contributed by atoms with Gasteiger partial charge in [-0.15, -0.1) is 0 Å². The van der Waals surface area contributed by atoms with Crippen molar-refractivity contribution in [3.05, 3.63) is 71.8 Å². The Morgan fingerprint density at radius 1 is 0.905 bits per heavy atom. The molecule has 1 atom stereocenters. The van der Waals surface area contributed by atoms with Gasteiger partial charge in [0.25, 0.3) is 0 Å².